The summed E-state index contributed by atoms with van der Waals surface area (Å²) in [5.41, 5.74) is 1.000. The van der Waals surface area contributed by atoms with Crippen molar-refractivity contribution in [1.29, 1.82) is 0 Å². The largest absolute Gasteiger partial charge is 0.337 e. The van der Waals surface area contributed by atoms with E-state index in [1.807, 2.05) is 24.7 Å². The molecule has 6 heteroatoms. The van der Waals surface area contributed by atoms with E-state index in [9.17, 15) is 8.42 Å². The number of aromatic nitrogens is 2. The highest BCUT2D eigenvalue weighted by molar-refractivity contribution is 7.89. The number of sulfonamides is 1. The first-order chi connectivity index (χ1) is 9.48. The molecule has 0 aromatic carbocycles. The summed E-state index contributed by atoms with van der Waals surface area (Å²) in [7, 11) is -1.10. The summed E-state index contributed by atoms with van der Waals surface area (Å²) in [6, 6.07) is 0. The molecule has 0 N–H and O–H groups in total. The van der Waals surface area contributed by atoms with Crippen molar-refractivity contribution in [2.75, 3.05) is 13.1 Å². The molecule has 2 heterocycles. The van der Waals surface area contributed by atoms with Gasteiger partial charge in [-0.25, -0.2) is 17.7 Å². The topological polar surface area (TPSA) is 55.2 Å². The van der Waals surface area contributed by atoms with Crippen LogP contribution in [-0.2, 0) is 17.1 Å². The fourth-order valence-corrected chi connectivity index (χ4v) is 5.68. The molecule has 1 aliphatic heterocycles. The summed E-state index contributed by atoms with van der Waals surface area (Å²) >= 11 is 0. The van der Waals surface area contributed by atoms with Gasteiger partial charge in [0.25, 0.3) is 0 Å². The lowest BCUT2D eigenvalue weighted by atomic mass is 10.1. The molecule has 1 aliphatic carbocycles. The highest BCUT2D eigenvalue weighted by Crippen LogP contribution is 2.33. The monoisotopic (exact) mass is 297 g/mol. The summed E-state index contributed by atoms with van der Waals surface area (Å²) in [6.07, 6.45) is 6.68. The lowest BCUT2D eigenvalue weighted by Crippen LogP contribution is -2.36. The zero-order chi connectivity index (χ0) is 14.3. The Labute approximate surface area is 121 Å². The number of hydrogen-bond donors (Lipinski definition) is 0. The van der Waals surface area contributed by atoms with Crippen molar-refractivity contribution in [2.45, 2.75) is 50.2 Å². The third kappa shape index (κ3) is 2.39. The number of hydrogen-bond acceptors (Lipinski definition) is 3. The minimum Gasteiger partial charge on any atom is -0.337 e. The van der Waals surface area contributed by atoms with E-state index in [-0.39, 0.29) is 11.2 Å². The van der Waals surface area contributed by atoms with Gasteiger partial charge >= 0.3 is 0 Å². The molecule has 1 aromatic heterocycles. The molecule has 0 bridgehead atoms. The Morgan fingerprint density at radius 1 is 1.25 bits per heavy atom. The zero-order valence-corrected chi connectivity index (χ0v) is 13.1. The molecule has 112 valence electrons. The van der Waals surface area contributed by atoms with Crippen LogP contribution in [0.15, 0.2) is 6.20 Å². The maximum atomic E-state index is 12.6. The maximum Gasteiger partial charge on any atom is 0.217 e. The van der Waals surface area contributed by atoms with E-state index in [0.717, 1.165) is 43.6 Å². The molecule has 0 spiro atoms. The van der Waals surface area contributed by atoms with E-state index < -0.39 is 10.0 Å². The predicted octanol–water partition coefficient (Wildman–Crippen LogP) is 1.79. The van der Waals surface area contributed by atoms with Gasteiger partial charge in [0.05, 0.1) is 10.9 Å². The number of rotatable bonds is 3. The normalized spacial score (nSPS) is 25.6. The van der Waals surface area contributed by atoms with Gasteiger partial charge in [-0.15, -0.1) is 0 Å². The van der Waals surface area contributed by atoms with Gasteiger partial charge < -0.3 is 4.57 Å². The van der Waals surface area contributed by atoms with Crippen LogP contribution < -0.4 is 0 Å². The second kappa shape index (κ2) is 5.15. The third-order valence-corrected chi connectivity index (χ3v) is 7.00. The lowest BCUT2D eigenvalue weighted by molar-refractivity contribution is 0.458. The van der Waals surface area contributed by atoms with E-state index in [1.54, 1.807) is 4.31 Å². The van der Waals surface area contributed by atoms with Gasteiger partial charge in [0.2, 0.25) is 10.0 Å². The number of aryl methyl sites for hydroxylation is 2. The fourth-order valence-electron chi connectivity index (χ4n) is 3.58. The fraction of sp³-hybridized carbons (Fsp3) is 0.786. The van der Waals surface area contributed by atoms with Crippen molar-refractivity contribution >= 4 is 10.0 Å². The van der Waals surface area contributed by atoms with Crippen LogP contribution in [-0.4, -0.2) is 40.6 Å². The summed E-state index contributed by atoms with van der Waals surface area (Å²) in [6.45, 7) is 3.23. The standard InChI is InChI=1S/C14H23N3O2S/c1-11-9-16(2)14(15-11)12-7-8-17(10-12)20(18,19)13-5-3-4-6-13/h9,12-13H,3-8,10H2,1-2H3. The SMILES string of the molecule is Cc1cn(C)c(C2CCN(S(=O)(=O)C3CCCC3)C2)n1. The number of nitrogens with zero attached hydrogens (tertiary/aromatic N) is 3. The molecule has 1 saturated heterocycles. The third-order valence-electron chi connectivity index (χ3n) is 4.63. The first-order valence-electron chi connectivity index (χ1n) is 7.47. The van der Waals surface area contributed by atoms with Crippen molar-refractivity contribution in [3.8, 4) is 0 Å². The molecular formula is C14H23N3O2S. The van der Waals surface area contributed by atoms with Crippen molar-refractivity contribution < 1.29 is 8.42 Å². The van der Waals surface area contributed by atoms with Crippen molar-refractivity contribution in [1.82, 2.24) is 13.9 Å². The van der Waals surface area contributed by atoms with E-state index in [1.165, 1.54) is 0 Å². The molecule has 1 saturated carbocycles. The van der Waals surface area contributed by atoms with E-state index in [2.05, 4.69) is 4.98 Å². The van der Waals surface area contributed by atoms with Crippen LogP contribution in [0.3, 0.4) is 0 Å². The van der Waals surface area contributed by atoms with Crippen molar-refractivity contribution in [3.63, 3.8) is 0 Å². The van der Waals surface area contributed by atoms with Gasteiger partial charge in [-0.2, -0.15) is 0 Å². The molecule has 2 aliphatic rings. The average molecular weight is 297 g/mol. The molecule has 20 heavy (non-hydrogen) atoms. The quantitative estimate of drug-likeness (QED) is 0.854. The second-order valence-electron chi connectivity index (χ2n) is 6.15. The molecule has 3 rings (SSSR count). The van der Waals surface area contributed by atoms with Crippen LogP contribution in [0.4, 0.5) is 0 Å². The van der Waals surface area contributed by atoms with Crippen molar-refractivity contribution in [2.24, 2.45) is 7.05 Å². The minimum atomic E-state index is -3.09. The molecule has 0 amide bonds. The summed E-state index contributed by atoms with van der Waals surface area (Å²) in [5.74, 6) is 1.26. The summed E-state index contributed by atoms with van der Waals surface area (Å²) in [4.78, 5) is 4.55. The van der Waals surface area contributed by atoms with Gasteiger partial charge in [0.15, 0.2) is 0 Å². The highest BCUT2D eigenvalue weighted by atomic mass is 32.2. The number of imidazole rings is 1. The predicted molar refractivity (Wildman–Crippen MR) is 78.1 cm³/mol. The molecular weight excluding hydrogens is 274 g/mol. The Kier molecular flexibility index (Phi) is 3.62. The second-order valence-corrected chi connectivity index (χ2v) is 8.36. The van der Waals surface area contributed by atoms with Gasteiger partial charge in [-0.3, -0.25) is 0 Å². The van der Waals surface area contributed by atoms with Crippen LogP contribution >= 0.6 is 0 Å². The minimum absolute atomic E-state index is 0.135. The Hall–Kier alpha value is -0.880. The Bertz CT molecular complexity index is 588. The Balaban J connectivity index is 1.75. The van der Waals surface area contributed by atoms with Gasteiger partial charge in [0, 0.05) is 32.3 Å². The van der Waals surface area contributed by atoms with E-state index in [0.29, 0.717) is 13.1 Å². The first kappa shape index (κ1) is 14.1. The Morgan fingerprint density at radius 2 is 1.95 bits per heavy atom. The Morgan fingerprint density at radius 3 is 2.55 bits per heavy atom. The smallest absolute Gasteiger partial charge is 0.217 e. The maximum absolute atomic E-state index is 12.6. The highest BCUT2D eigenvalue weighted by Gasteiger charge is 2.39. The molecule has 1 atom stereocenters. The first-order valence-corrected chi connectivity index (χ1v) is 8.97. The van der Waals surface area contributed by atoms with Crippen LogP contribution in [0.25, 0.3) is 0 Å². The molecule has 2 fully saturated rings. The molecule has 5 nitrogen and oxygen atoms in total. The van der Waals surface area contributed by atoms with Gasteiger partial charge in [-0.1, -0.05) is 12.8 Å². The van der Waals surface area contributed by atoms with E-state index >= 15 is 0 Å². The van der Waals surface area contributed by atoms with Gasteiger partial charge in [0.1, 0.15) is 5.82 Å². The van der Waals surface area contributed by atoms with Crippen LogP contribution in [0.1, 0.15) is 49.5 Å². The zero-order valence-electron chi connectivity index (χ0n) is 12.2. The van der Waals surface area contributed by atoms with Crippen LogP contribution in [0, 0.1) is 6.92 Å². The average Bonchev–Trinajstić information content (AvgIpc) is 3.08. The van der Waals surface area contributed by atoms with Crippen LogP contribution in [0.2, 0.25) is 0 Å². The molecule has 0 radical (unpaired) electrons. The summed E-state index contributed by atoms with van der Waals surface area (Å²) < 4.78 is 28.9. The molecule has 1 aromatic rings. The van der Waals surface area contributed by atoms with Gasteiger partial charge in [-0.05, 0) is 26.2 Å². The molecule has 1 unspecified atom stereocenters. The van der Waals surface area contributed by atoms with Crippen molar-refractivity contribution in [3.05, 3.63) is 17.7 Å². The lowest BCUT2D eigenvalue weighted by Gasteiger charge is -2.21. The summed E-state index contributed by atoms with van der Waals surface area (Å²) in [5, 5.41) is -0.135. The van der Waals surface area contributed by atoms with E-state index in [4.69, 9.17) is 0 Å². The van der Waals surface area contributed by atoms with Crippen LogP contribution in [0.5, 0.6) is 0 Å².